The summed E-state index contributed by atoms with van der Waals surface area (Å²) in [5, 5.41) is 12.0. The molecule has 0 heterocycles. The van der Waals surface area contributed by atoms with Gasteiger partial charge in [-0.15, -0.1) is 0 Å². The first-order chi connectivity index (χ1) is 9.92. The summed E-state index contributed by atoms with van der Waals surface area (Å²) in [4.78, 5) is 10.4. The van der Waals surface area contributed by atoms with Crippen molar-refractivity contribution in [1.29, 1.82) is 0 Å². The predicted molar refractivity (Wildman–Crippen MR) is 82.3 cm³/mol. The first-order valence-corrected chi connectivity index (χ1v) is 8.89. The fraction of sp³-hybridized carbons (Fsp3) is 0.917. The van der Waals surface area contributed by atoms with Gasteiger partial charge in [0.2, 0.25) is 5.53 Å². The number of aliphatic hydroxyl groups excluding tert-OH is 1. The van der Waals surface area contributed by atoms with Crippen LogP contribution in [-0.2, 0) is 23.4 Å². The van der Waals surface area contributed by atoms with Crippen molar-refractivity contribution in [3.05, 3.63) is 0 Å². The first kappa shape index (κ1) is 20.8. The van der Waals surface area contributed by atoms with Gasteiger partial charge in [0, 0.05) is 25.4 Å². The lowest BCUT2D eigenvalue weighted by atomic mass is 9.97. The Bertz CT molecular complexity index is 338. The van der Waals surface area contributed by atoms with Crippen LogP contribution >= 0.6 is 7.37 Å². The lowest BCUT2D eigenvalue weighted by molar-refractivity contribution is -0.168. The highest BCUT2D eigenvalue weighted by molar-refractivity contribution is 7.60. The molecule has 0 amide bonds. The molecule has 9 heteroatoms. The molecular weight excluding hydrogens is 296 g/mol. The van der Waals surface area contributed by atoms with Gasteiger partial charge in [0.1, 0.15) is 0 Å². The normalized spacial score (nSPS) is 16.2. The van der Waals surface area contributed by atoms with Crippen molar-refractivity contribution in [3.8, 4) is 0 Å². The fourth-order valence-electron chi connectivity index (χ4n) is 1.95. The quantitative estimate of drug-likeness (QED) is 0.224. The van der Waals surface area contributed by atoms with Gasteiger partial charge in [-0.05, 0) is 27.7 Å². The summed E-state index contributed by atoms with van der Waals surface area (Å²) in [5.41, 5.74) is -1.39. The van der Waals surface area contributed by atoms with E-state index < -0.39 is 18.9 Å². The molecule has 0 aromatic heterocycles. The minimum Gasteiger partial charge on any atom is -0.395 e. The summed E-state index contributed by atoms with van der Waals surface area (Å²) in [6.45, 7) is 7.40. The zero-order valence-corrected chi connectivity index (χ0v) is 14.1. The Morgan fingerprint density at radius 1 is 1.29 bits per heavy atom. The van der Waals surface area contributed by atoms with Crippen molar-refractivity contribution >= 4 is 21.0 Å². The van der Waals surface area contributed by atoms with Crippen molar-refractivity contribution in [2.24, 2.45) is 0 Å². The van der Waals surface area contributed by atoms with E-state index in [0.29, 0.717) is 19.4 Å². The van der Waals surface area contributed by atoms with Gasteiger partial charge in [0.15, 0.2) is 0 Å². The third kappa shape index (κ3) is 6.18. The van der Waals surface area contributed by atoms with Crippen LogP contribution in [0.5, 0.6) is 0 Å². The van der Waals surface area contributed by atoms with Crippen LogP contribution in [0.2, 0.25) is 0 Å². The number of hydrogen-bond acceptors (Lipinski definition) is 7. The van der Waals surface area contributed by atoms with Crippen LogP contribution in [0.4, 0.5) is 0 Å². The number of carbonyl (C=O) groups excluding carboxylic acids is 1. The molecule has 1 unspecified atom stereocenters. The van der Waals surface area contributed by atoms with E-state index in [-0.39, 0.29) is 19.4 Å². The van der Waals surface area contributed by atoms with E-state index in [9.17, 15) is 14.5 Å². The number of hydrogen-bond donors (Lipinski definition) is 2. The fourth-order valence-corrected chi connectivity index (χ4v) is 4.49. The number of ether oxygens (including phenoxy) is 2. The minimum absolute atomic E-state index is 0.0157. The van der Waals surface area contributed by atoms with Crippen LogP contribution in [0, 0.1) is 0 Å². The highest BCUT2D eigenvalue weighted by Crippen LogP contribution is 2.60. The minimum atomic E-state index is -3.39. The number of aliphatic hydroxyl groups is 1. The molecule has 123 valence electrons. The first-order valence-electron chi connectivity index (χ1n) is 7.08. The molecule has 0 rings (SSSR count). The molecule has 0 aromatic rings. The monoisotopic (exact) mass is 322 g/mol. The van der Waals surface area contributed by atoms with Gasteiger partial charge >= 0.3 is 0 Å². The molecule has 0 fully saturated rings. The average Bonchev–Trinajstić information content (AvgIpc) is 2.44. The van der Waals surface area contributed by atoms with E-state index in [1.54, 1.807) is 27.7 Å². The Kier molecular flexibility index (Phi) is 10.4. The van der Waals surface area contributed by atoms with Gasteiger partial charge in [-0.3, -0.25) is 4.57 Å². The Hall–Kier alpha value is -0.235. The van der Waals surface area contributed by atoms with Crippen LogP contribution in [0.25, 0.3) is 0 Å². The van der Waals surface area contributed by atoms with Crippen molar-refractivity contribution < 1.29 is 28.5 Å². The van der Waals surface area contributed by atoms with Crippen LogP contribution < -0.4 is 5.23 Å². The van der Waals surface area contributed by atoms with Crippen molar-refractivity contribution in [3.63, 3.8) is 0 Å². The van der Waals surface area contributed by atoms with Crippen molar-refractivity contribution in [1.82, 2.24) is 5.23 Å². The van der Waals surface area contributed by atoms with Gasteiger partial charge < -0.3 is 29.1 Å². The van der Waals surface area contributed by atoms with Gasteiger partial charge in [0.05, 0.1) is 19.4 Å². The number of carbonyl (C=O) groups is 1. The maximum atomic E-state index is 13.2. The van der Waals surface area contributed by atoms with E-state index in [1.807, 2.05) is 0 Å². The molecule has 7 nitrogen and oxygen atoms in total. The molecule has 0 aliphatic carbocycles. The number of nitrogens with one attached hydrogen (secondary N) is 1. The molecule has 2 atom stereocenters. The summed E-state index contributed by atoms with van der Waals surface area (Å²) < 4.78 is 29.8. The van der Waals surface area contributed by atoms with E-state index in [2.05, 4.69) is 5.23 Å². The van der Waals surface area contributed by atoms with Gasteiger partial charge in [-0.2, -0.15) is 0 Å². The third-order valence-corrected chi connectivity index (χ3v) is 5.95. The SMILES string of the molecule is CCOC(C)(OCC)P(=O)(C[C@@H](CO)N[B]C=O)OCC. The molecule has 0 saturated carbocycles. The second-order valence-electron chi connectivity index (χ2n) is 4.39. The summed E-state index contributed by atoms with van der Waals surface area (Å²) in [7, 11) is -2.24. The molecule has 0 aromatic carbocycles. The summed E-state index contributed by atoms with van der Waals surface area (Å²) in [6, 6.07) is -0.590. The lowest BCUT2D eigenvalue weighted by Crippen LogP contribution is -2.43. The molecular formula is C12H26BNO6P. The van der Waals surface area contributed by atoms with Gasteiger partial charge in [-0.25, -0.2) is 0 Å². The molecule has 0 aliphatic heterocycles. The van der Waals surface area contributed by atoms with E-state index in [0.717, 1.165) is 7.41 Å². The van der Waals surface area contributed by atoms with E-state index >= 15 is 0 Å². The number of rotatable bonds is 13. The predicted octanol–water partition coefficient (Wildman–Crippen LogP) is 0.808. The van der Waals surface area contributed by atoms with Crippen molar-refractivity contribution in [2.45, 2.75) is 39.3 Å². The lowest BCUT2D eigenvalue weighted by Gasteiger charge is -2.37. The largest absolute Gasteiger partial charge is 0.395 e. The van der Waals surface area contributed by atoms with Crippen LogP contribution in [-0.4, -0.2) is 62.9 Å². The Balaban J connectivity index is 5.25. The molecule has 0 aliphatic rings. The topological polar surface area (TPSA) is 94.1 Å². The zero-order chi connectivity index (χ0) is 16.4. The Labute approximate surface area is 127 Å². The Morgan fingerprint density at radius 3 is 2.24 bits per heavy atom. The average molecular weight is 322 g/mol. The van der Waals surface area contributed by atoms with Crippen LogP contribution in [0.3, 0.4) is 0 Å². The van der Waals surface area contributed by atoms with E-state index in [1.165, 1.54) is 0 Å². The summed E-state index contributed by atoms with van der Waals surface area (Å²) >= 11 is 0. The highest BCUT2D eigenvalue weighted by atomic mass is 31.2. The maximum absolute atomic E-state index is 13.2. The standard InChI is InChI=1S/C12H26BNO6P/c1-5-18-12(4,19-6-2)21(17,20-7-3)9-11(8-15)14-13-10-16/h10-11,14-15H,5-9H2,1-4H3/t11-,21?/m1/s1. The van der Waals surface area contributed by atoms with Gasteiger partial charge in [0.25, 0.3) is 14.8 Å². The molecule has 1 radical (unpaired) electrons. The second-order valence-corrected chi connectivity index (χ2v) is 7.17. The molecule has 0 bridgehead atoms. The van der Waals surface area contributed by atoms with E-state index in [4.69, 9.17) is 14.0 Å². The van der Waals surface area contributed by atoms with Crippen LogP contribution in [0.1, 0.15) is 27.7 Å². The summed E-state index contributed by atoms with van der Waals surface area (Å²) in [5.74, 6) is 0. The molecule has 21 heavy (non-hydrogen) atoms. The molecule has 2 N–H and O–H groups in total. The smallest absolute Gasteiger partial charge is 0.290 e. The third-order valence-electron chi connectivity index (χ3n) is 2.86. The zero-order valence-electron chi connectivity index (χ0n) is 13.2. The molecule has 0 spiro atoms. The van der Waals surface area contributed by atoms with Gasteiger partial charge in [-0.1, -0.05) is 0 Å². The van der Waals surface area contributed by atoms with Crippen LogP contribution in [0.15, 0.2) is 0 Å². The summed E-state index contributed by atoms with van der Waals surface area (Å²) in [6.07, 6.45) is 0.538. The second kappa shape index (κ2) is 10.5. The highest BCUT2D eigenvalue weighted by Gasteiger charge is 2.48. The van der Waals surface area contributed by atoms with Crippen molar-refractivity contribution in [2.75, 3.05) is 32.6 Å². The maximum Gasteiger partial charge on any atom is 0.290 e. The Morgan fingerprint density at radius 2 is 1.86 bits per heavy atom. The molecule has 0 saturated heterocycles.